The summed E-state index contributed by atoms with van der Waals surface area (Å²) < 4.78 is 30.2. The summed E-state index contributed by atoms with van der Waals surface area (Å²) in [6.07, 6.45) is 3.64. The lowest BCUT2D eigenvalue weighted by atomic mass is 10.2. The minimum absolute atomic E-state index is 0.0375. The van der Waals surface area contributed by atoms with Crippen LogP contribution in [0.25, 0.3) is 16.6 Å². The predicted molar refractivity (Wildman–Crippen MR) is 101 cm³/mol. The summed E-state index contributed by atoms with van der Waals surface area (Å²) in [6.45, 7) is 0.0375. The van der Waals surface area contributed by atoms with Crippen molar-refractivity contribution in [1.82, 2.24) is 19.6 Å². The number of fused-ring (bicyclic) bond motifs is 1. The molecule has 2 aromatic heterocycles. The molecule has 1 aliphatic rings. The molecular formula is C21H16F2N4O. The molecule has 0 bridgehead atoms. The van der Waals surface area contributed by atoms with Gasteiger partial charge in [-0.1, -0.05) is 18.2 Å². The number of rotatable bonds is 4. The van der Waals surface area contributed by atoms with E-state index >= 15 is 0 Å². The molecule has 28 heavy (non-hydrogen) atoms. The molecule has 0 saturated heterocycles. The van der Waals surface area contributed by atoms with Gasteiger partial charge in [-0.2, -0.15) is 10.2 Å². The van der Waals surface area contributed by atoms with Crippen LogP contribution >= 0.6 is 0 Å². The zero-order valence-electron chi connectivity index (χ0n) is 14.8. The summed E-state index contributed by atoms with van der Waals surface area (Å²) >= 11 is 0. The van der Waals surface area contributed by atoms with Crippen molar-refractivity contribution in [3.05, 3.63) is 88.0 Å². The van der Waals surface area contributed by atoms with E-state index in [1.54, 1.807) is 36.5 Å². The first-order valence-corrected chi connectivity index (χ1v) is 9.10. The van der Waals surface area contributed by atoms with Gasteiger partial charge < -0.3 is 0 Å². The van der Waals surface area contributed by atoms with Gasteiger partial charge in [-0.15, -0.1) is 0 Å². The van der Waals surface area contributed by atoms with Crippen LogP contribution in [0.2, 0.25) is 0 Å². The molecule has 0 atom stereocenters. The number of nitrogens with zero attached hydrogens (tertiary/aromatic N) is 4. The van der Waals surface area contributed by atoms with Crippen molar-refractivity contribution in [2.24, 2.45) is 0 Å². The highest BCUT2D eigenvalue weighted by Gasteiger charge is 2.30. The number of hydrogen-bond acceptors (Lipinski definition) is 3. The Labute approximate surface area is 158 Å². The van der Waals surface area contributed by atoms with Gasteiger partial charge in [0, 0.05) is 16.9 Å². The molecule has 0 aliphatic heterocycles. The van der Waals surface area contributed by atoms with E-state index in [1.807, 2.05) is 0 Å². The van der Waals surface area contributed by atoms with Crippen LogP contribution in [-0.4, -0.2) is 19.6 Å². The molecule has 2 aromatic carbocycles. The van der Waals surface area contributed by atoms with Crippen molar-refractivity contribution in [3.8, 4) is 5.69 Å². The molecule has 5 nitrogen and oxygen atoms in total. The Morgan fingerprint density at radius 3 is 2.50 bits per heavy atom. The Morgan fingerprint density at radius 1 is 1.04 bits per heavy atom. The van der Waals surface area contributed by atoms with E-state index in [-0.39, 0.29) is 29.7 Å². The van der Waals surface area contributed by atoms with Crippen LogP contribution in [0, 0.1) is 11.6 Å². The Bertz CT molecular complexity index is 1240. The summed E-state index contributed by atoms with van der Waals surface area (Å²) in [4.78, 5) is 13.2. The predicted octanol–water partition coefficient (Wildman–Crippen LogP) is 3.79. The van der Waals surface area contributed by atoms with Crippen molar-refractivity contribution in [2.75, 3.05) is 0 Å². The van der Waals surface area contributed by atoms with E-state index in [0.29, 0.717) is 22.2 Å². The maximum Gasteiger partial charge on any atom is 0.293 e. The molecule has 0 amide bonds. The topological polar surface area (TPSA) is 52.7 Å². The maximum atomic E-state index is 14.1. The van der Waals surface area contributed by atoms with Crippen LogP contribution in [0.4, 0.5) is 8.78 Å². The smallest absolute Gasteiger partial charge is 0.265 e. The fourth-order valence-corrected chi connectivity index (χ4v) is 3.42. The monoisotopic (exact) mass is 378 g/mol. The number of hydrogen-bond donors (Lipinski definition) is 0. The summed E-state index contributed by atoms with van der Waals surface area (Å²) in [5, 5.41) is 9.60. The number of benzene rings is 2. The van der Waals surface area contributed by atoms with Crippen LogP contribution in [0.15, 0.2) is 59.5 Å². The fourth-order valence-electron chi connectivity index (χ4n) is 3.42. The number of aromatic nitrogens is 4. The minimum Gasteiger partial charge on any atom is -0.265 e. The van der Waals surface area contributed by atoms with Crippen molar-refractivity contribution >= 4 is 10.9 Å². The summed E-state index contributed by atoms with van der Waals surface area (Å²) in [5.41, 5.74) is 1.80. The molecule has 0 radical (unpaired) electrons. The lowest BCUT2D eigenvalue weighted by Crippen LogP contribution is -2.27. The van der Waals surface area contributed by atoms with E-state index in [0.717, 1.165) is 18.5 Å². The first-order valence-electron chi connectivity index (χ1n) is 9.10. The minimum atomic E-state index is -0.378. The van der Waals surface area contributed by atoms with Crippen LogP contribution in [0.1, 0.15) is 30.0 Å². The maximum absolute atomic E-state index is 14.1. The highest BCUT2D eigenvalue weighted by atomic mass is 19.1. The quantitative estimate of drug-likeness (QED) is 0.543. The SMILES string of the molecule is O=c1c2c(cnn2-c2ccc(F)cc2)c(C2CC2)nn1Cc1ccccc1F. The largest absolute Gasteiger partial charge is 0.293 e. The second-order valence-corrected chi connectivity index (χ2v) is 7.01. The third-order valence-electron chi connectivity index (χ3n) is 5.02. The standard InChI is InChI=1S/C21H16F2N4O/c22-15-7-9-16(10-8-15)27-20-17(11-24-27)19(13-5-6-13)25-26(21(20)28)12-14-3-1-2-4-18(14)23/h1-4,7-11,13H,5-6,12H2. The molecule has 5 rings (SSSR count). The lowest BCUT2D eigenvalue weighted by molar-refractivity contribution is 0.568. The van der Waals surface area contributed by atoms with Gasteiger partial charge in [0.25, 0.3) is 5.56 Å². The third kappa shape index (κ3) is 2.79. The Morgan fingerprint density at radius 2 is 1.79 bits per heavy atom. The molecule has 0 unspecified atom stereocenters. The highest BCUT2D eigenvalue weighted by Crippen LogP contribution is 2.41. The Balaban J connectivity index is 1.72. The van der Waals surface area contributed by atoms with Gasteiger partial charge >= 0.3 is 0 Å². The van der Waals surface area contributed by atoms with E-state index in [4.69, 9.17) is 0 Å². The first-order chi connectivity index (χ1) is 13.6. The molecular weight excluding hydrogens is 362 g/mol. The molecule has 140 valence electrons. The highest BCUT2D eigenvalue weighted by molar-refractivity contribution is 5.82. The zero-order chi connectivity index (χ0) is 19.3. The summed E-state index contributed by atoms with van der Waals surface area (Å²) in [7, 11) is 0. The second kappa shape index (κ2) is 6.37. The van der Waals surface area contributed by atoms with E-state index in [9.17, 15) is 13.6 Å². The van der Waals surface area contributed by atoms with E-state index < -0.39 is 0 Å². The third-order valence-corrected chi connectivity index (χ3v) is 5.02. The average Bonchev–Trinajstić information content (AvgIpc) is 3.44. The lowest BCUT2D eigenvalue weighted by Gasteiger charge is -2.10. The average molecular weight is 378 g/mol. The molecule has 1 aliphatic carbocycles. The van der Waals surface area contributed by atoms with Crippen molar-refractivity contribution in [1.29, 1.82) is 0 Å². The van der Waals surface area contributed by atoms with E-state index in [1.165, 1.54) is 27.6 Å². The van der Waals surface area contributed by atoms with Crippen LogP contribution in [0.3, 0.4) is 0 Å². The van der Waals surface area contributed by atoms with Gasteiger partial charge in [-0.05, 0) is 43.2 Å². The van der Waals surface area contributed by atoms with Gasteiger partial charge in [0.2, 0.25) is 0 Å². The van der Waals surface area contributed by atoms with Crippen LogP contribution < -0.4 is 5.56 Å². The van der Waals surface area contributed by atoms with Crippen LogP contribution in [-0.2, 0) is 6.54 Å². The van der Waals surface area contributed by atoms with Crippen LogP contribution in [0.5, 0.6) is 0 Å². The number of halogens is 2. The van der Waals surface area contributed by atoms with Gasteiger partial charge in [0.05, 0.1) is 24.1 Å². The van der Waals surface area contributed by atoms with Crippen molar-refractivity contribution < 1.29 is 8.78 Å². The van der Waals surface area contributed by atoms with Gasteiger partial charge in [-0.3, -0.25) is 4.79 Å². The molecule has 2 heterocycles. The molecule has 0 N–H and O–H groups in total. The fraction of sp³-hybridized carbons (Fsp3) is 0.190. The van der Waals surface area contributed by atoms with E-state index in [2.05, 4.69) is 10.2 Å². The molecule has 1 fully saturated rings. The normalized spacial score (nSPS) is 13.9. The second-order valence-electron chi connectivity index (χ2n) is 7.01. The molecule has 1 saturated carbocycles. The first kappa shape index (κ1) is 16.8. The van der Waals surface area contributed by atoms with Gasteiger partial charge in [-0.25, -0.2) is 18.1 Å². The molecule has 0 spiro atoms. The summed E-state index contributed by atoms with van der Waals surface area (Å²) in [5.74, 6) is -0.463. The van der Waals surface area contributed by atoms with Gasteiger partial charge in [0.15, 0.2) is 0 Å². The Hall–Kier alpha value is -3.35. The molecule has 4 aromatic rings. The summed E-state index contributed by atoms with van der Waals surface area (Å²) in [6, 6.07) is 12.1. The molecule has 7 heteroatoms. The zero-order valence-corrected chi connectivity index (χ0v) is 14.8. The Kier molecular flexibility index (Phi) is 3.82. The van der Waals surface area contributed by atoms with Crippen molar-refractivity contribution in [3.63, 3.8) is 0 Å². The van der Waals surface area contributed by atoms with Crippen molar-refractivity contribution in [2.45, 2.75) is 25.3 Å². The van der Waals surface area contributed by atoms with Gasteiger partial charge in [0.1, 0.15) is 17.2 Å².